The molecule has 0 N–H and O–H groups in total. The van der Waals surface area contributed by atoms with E-state index in [0.29, 0.717) is 13.0 Å². The minimum absolute atomic E-state index is 0.0345. The lowest BCUT2D eigenvalue weighted by molar-refractivity contribution is -0.133. The summed E-state index contributed by atoms with van der Waals surface area (Å²) in [5, 5.41) is 17.7. The fourth-order valence-electron chi connectivity index (χ4n) is 3.35. The van der Waals surface area contributed by atoms with Crippen molar-refractivity contribution in [2.24, 2.45) is 0 Å². The first-order valence-electron chi connectivity index (χ1n) is 9.47. The van der Waals surface area contributed by atoms with Crippen LogP contribution in [0, 0.1) is 22.7 Å². The lowest BCUT2D eigenvalue weighted by atomic mass is 10.1. The van der Waals surface area contributed by atoms with Gasteiger partial charge in [-0.25, -0.2) is 8.42 Å². The molecule has 0 aliphatic carbocycles. The van der Waals surface area contributed by atoms with Crippen LogP contribution in [0.1, 0.15) is 24.8 Å². The standard InChI is InChI=1S/C20H26N4O4S/c1-28-19-6-4-17(5-7-19)14-24(18-8-13-29(26,27)16-18)15-20(25)23(11-2-9-21)12-3-10-22/h4-7,18H,2-3,8,11-16H2,1H3. The van der Waals surface area contributed by atoms with E-state index in [-0.39, 0.29) is 55.9 Å². The average Bonchev–Trinajstić information content (AvgIpc) is 3.07. The van der Waals surface area contributed by atoms with Gasteiger partial charge in [0, 0.05) is 25.7 Å². The molecule has 156 valence electrons. The van der Waals surface area contributed by atoms with Crippen LogP contribution in [0.15, 0.2) is 24.3 Å². The Kier molecular flexibility index (Phi) is 8.44. The quantitative estimate of drug-likeness (QED) is 0.563. The van der Waals surface area contributed by atoms with Crippen LogP contribution in [0.3, 0.4) is 0 Å². The van der Waals surface area contributed by atoms with Crippen LogP contribution in [0.25, 0.3) is 0 Å². The number of nitriles is 2. The average molecular weight is 419 g/mol. The van der Waals surface area contributed by atoms with Crippen molar-refractivity contribution in [2.75, 3.05) is 38.2 Å². The third-order valence-corrected chi connectivity index (χ3v) is 6.70. The van der Waals surface area contributed by atoms with E-state index in [0.717, 1.165) is 11.3 Å². The van der Waals surface area contributed by atoms with Crippen LogP contribution in [0.4, 0.5) is 0 Å². The lowest BCUT2D eigenvalue weighted by Crippen LogP contribution is -2.45. The van der Waals surface area contributed by atoms with Gasteiger partial charge < -0.3 is 9.64 Å². The van der Waals surface area contributed by atoms with Crippen LogP contribution in [-0.2, 0) is 21.2 Å². The highest BCUT2D eigenvalue weighted by molar-refractivity contribution is 7.91. The zero-order valence-electron chi connectivity index (χ0n) is 16.6. The van der Waals surface area contributed by atoms with Crippen LogP contribution in [0.5, 0.6) is 5.75 Å². The van der Waals surface area contributed by atoms with Crippen molar-refractivity contribution in [3.63, 3.8) is 0 Å². The largest absolute Gasteiger partial charge is 0.497 e. The summed E-state index contributed by atoms with van der Waals surface area (Å²) >= 11 is 0. The predicted molar refractivity (Wildman–Crippen MR) is 108 cm³/mol. The topological polar surface area (TPSA) is 114 Å². The number of sulfone groups is 1. The molecular weight excluding hydrogens is 392 g/mol. The molecule has 1 unspecified atom stereocenters. The van der Waals surface area contributed by atoms with Gasteiger partial charge in [0.25, 0.3) is 0 Å². The maximum absolute atomic E-state index is 12.9. The molecule has 1 atom stereocenters. The number of amides is 1. The molecule has 1 aromatic carbocycles. The Bertz CT molecular complexity index is 853. The van der Waals surface area contributed by atoms with E-state index in [1.54, 1.807) is 7.11 Å². The van der Waals surface area contributed by atoms with Gasteiger partial charge in [0.05, 0.1) is 50.1 Å². The Labute approximate surface area is 172 Å². The fourth-order valence-corrected chi connectivity index (χ4v) is 5.11. The zero-order valence-corrected chi connectivity index (χ0v) is 17.4. The summed E-state index contributed by atoms with van der Waals surface area (Å²) in [6, 6.07) is 11.2. The van der Waals surface area contributed by atoms with E-state index in [4.69, 9.17) is 15.3 Å². The molecule has 1 heterocycles. The van der Waals surface area contributed by atoms with Crippen LogP contribution >= 0.6 is 0 Å². The molecule has 0 spiro atoms. The molecule has 0 aromatic heterocycles. The summed E-state index contributed by atoms with van der Waals surface area (Å²) in [5.41, 5.74) is 0.948. The third-order valence-electron chi connectivity index (χ3n) is 4.95. The second-order valence-electron chi connectivity index (χ2n) is 7.01. The minimum atomic E-state index is -3.10. The molecule has 0 bridgehead atoms. The maximum atomic E-state index is 12.9. The molecule has 8 nitrogen and oxygen atoms in total. The molecule has 1 aliphatic rings. The molecule has 1 amide bonds. The Balaban J connectivity index is 2.15. The predicted octanol–water partition coefficient (Wildman–Crippen LogP) is 1.34. The molecule has 29 heavy (non-hydrogen) atoms. The Hall–Kier alpha value is -2.62. The first kappa shape index (κ1) is 22.7. The summed E-state index contributed by atoms with van der Waals surface area (Å²) in [6.45, 7) is 0.996. The number of rotatable bonds is 10. The molecule has 0 saturated carbocycles. The molecule has 0 radical (unpaired) electrons. The highest BCUT2D eigenvalue weighted by Gasteiger charge is 2.33. The monoisotopic (exact) mass is 418 g/mol. The number of hydrogen-bond donors (Lipinski definition) is 0. The highest BCUT2D eigenvalue weighted by Crippen LogP contribution is 2.21. The second kappa shape index (κ2) is 10.8. The number of ether oxygens (including phenoxy) is 1. The molecule has 2 rings (SSSR count). The van der Waals surface area contributed by atoms with Crippen molar-refractivity contribution in [2.45, 2.75) is 31.8 Å². The van der Waals surface area contributed by atoms with Gasteiger partial charge in [-0.1, -0.05) is 12.1 Å². The van der Waals surface area contributed by atoms with Crippen LogP contribution in [-0.4, -0.2) is 68.4 Å². The van der Waals surface area contributed by atoms with E-state index in [2.05, 4.69) is 0 Å². The number of hydrogen-bond acceptors (Lipinski definition) is 7. The van der Waals surface area contributed by atoms with Gasteiger partial charge in [0.15, 0.2) is 9.84 Å². The van der Waals surface area contributed by atoms with Gasteiger partial charge in [-0.15, -0.1) is 0 Å². The molecule has 1 aromatic rings. The summed E-state index contributed by atoms with van der Waals surface area (Å²) < 4.78 is 29.1. The van der Waals surface area contributed by atoms with Crippen molar-refractivity contribution in [1.82, 2.24) is 9.80 Å². The Morgan fingerprint density at radius 2 is 1.79 bits per heavy atom. The lowest BCUT2D eigenvalue weighted by Gasteiger charge is -2.30. The number of carbonyl (C=O) groups excluding carboxylic acids is 1. The second-order valence-corrected chi connectivity index (χ2v) is 9.24. The molecule has 1 fully saturated rings. The summed E-state index contributed by atoms with van der Waals surface area (Å²) in [7, 11) is -1.52. The van der Waals surface area contributed by atoms with Crippen LogP contribution in [0.2, 0.25) is 0 Å². The SMILES string of the molecule is COc1ccc(CN(CC(=O)N(CCC#N)CCC#N)C2CCS(=O)(=O)C2)cc1. The van der Waals surface area contributed by atoms with Crippen molar-refractivity contribution in [1.29, 1.82) is 10.5 Å². The number of carbonyl (C=O) groups is 1. The van der Waals surface area contributed by atoms with E-state index in [1.165, 1.54) is 4.90 Å². The molecule has 9 heteroatoms. The van der Waals surface area contributed by atoms with Crippen molar-refractivity contribution >= 4 is 15.7 Å². The van der Waals surface area contributed by atoms with Gasteiger partial charge in [0.2, 0.25) is 5.91 Å². The van der Waals surface area contributed by atoms with Crippen molar-refractivity contribution in [3.8, 4) is 17.9 Å². The Morgan fingerprint density at radius 3 is 2.28 bits per heavy atom. The number of benzene rings is 1. The van der Waals surface area contributed by atoms with Gasteiger partial charge in [-0.3, -0.25) is 9.69 Å². The van der Waals surface area contributed by atoms with Gasteiger partial charge in [-0.2, -0.15) is 10.5 Å². The third kappa shape index (κ3) is 7.04. The van der Waals surface area contributed by atoms with E-state index in [9.17, 15) is 13.2 Å². The van der Waals surface area contributed by atoms with Gasteiger partial charge in [0.1, 0.15) is 5.75 Å². The number of nitrogens with zero attached hydrogens (tertiary/aromatic N) is 4. The van der Waals surface area contributed by atoms with Crippen molar-refractivity contribution in [3.05, 3.63) is 29.8 Å². The van der Waals surface area contributed by atoms with E-state index >= 15 is 0 Å². The van der Waals surface area contributed by atoms with Crippen LogP contribution < -0.4 is 4.74 Å². The molecule has 1 aliphatic heterocycles. The molecular formula is C20H26N4O4S. The minimum Gasteiger partial charge on any atom is -0.497 e. The van der Waals surface area contributed by atoms with E-state index < -0.39 is 9.84 Å². The van der Waals surface area contributed by atoms with Gasteiger partial charge in [-0.05, 0) is 24.1 Å². The van der Waals surface area contributed by atoms with Gasteiger partial charge >= 0.3 is 0 Å². The molecule has 1 saturated heterocycles. The summed E-state index contributed by atoms with van der Waals surface area (Å²) in [4.78, 5) is 16.3. The first-order valence-corrected chi connectivity index (χ1v) is 11.3. The highest BCUT2D eigenvalue weighted by atomic mass is 32.2. The fraction of sp³-hybridized carbons (Fsp3) is 0.550. The number of methoxy groups -OCH3 is 1. The smallest absolute Gasteiger partial charge is 0.236 e. The summed E-state index contributed by atoms with van der Waals surface area (Å²) in [6.07, 6.45) is 0.864. The zero-order chi connectivity index (χ0) is 21.3. The van der Waals surface area contributed by atoms with E-state index in [1.807, 2.05) is 41.3 Å². The maximum Gasteiger partial charge on any atom is 0.236 e. The normalized spacial score (nSPS) is 17.4. The van der Waals surface area contributed by atoms with Crippen molar-refractivity contribution < 1.29 is 17.9 Å². The summed E-state index contributed by atoms with van der Waals surface area (Å²) in [5.74, 6) is 0.678. The Morgan fingerprint density at radius 1 is 1.17 bits per heavy atom. The first-order chi connectivity index (χ1) is 13.9.